The lowest BCUT2D eigenvalue weighted by Gasteiger charge is -2.35. The van der Waals surface area contributed by atoms with Crippen molar-refractivity contribution in [1.82, 2.24) is 34.9 Å². The number of methoxy groups -OCH3 is 1. The van der Waals surface area contributed by atoms with E-state index in [2.05, 4.69) is 20.5 Å². The number of thiazole rings is 1. The second-order valence-electron chi connectivity index (χ2n) is 19.0. The topological polar surface area (TPSA) is 185 Å². The Hall–Kier alpha value is -5.69. The van der Waals surface area contributed by atoms with Gasteiger partial charge in [0.15, 0.2) is 0 Å². The highest BCUT2D eigenvalue weighted by Gasteiger charge is 2.45. The molecule has 4 heterocycles. The number of rotatable bonds is 18. The maximum absolute atomic E-state index is 14.1. The largest absolute Gasteiger partial charge is 0.497 e. The molecule has 2 saturated heterocycles. The van der Waals surface area contributed by atoms with Crippen molar-refractivity contribution in [2.24, 2.45) is 5.41 Å². The number of benzene rings is 3. The predicted molar refractivity (Wildman–Crippen MR) is 269 cm³/mol. The van der Waals surface area contributed by atoms with Crippen molar-refractivity contribution in [1.29, 1.82) is 0 Å². The Kier molecular flexibility index (Phi) is 17.2. The first-order chi connectivity index (χ1) is 33.4. The van der Waals surface area contributed by atoms with E-state index in [-0.39, 0.29) is 63.0 Å². The molecule has 3 N–H and O–H groups in total. The van der Waals surface area contributed by atoms with Gasteiger partial charge in [0.2, 0.25) is 23.6 Å². The molecule has 0 saturated carbocycles. The number of carbonyl (C=O) groups excluding carboxylic acids is 5. The molecule has 16 nitrogen and oxygen atoms in total. The van der Waals surface area contributed by atoms with Crippen LogP contribution in [0, 0.1) is 19.3 Å². The number of nitrogens with one attached hydrogen (secondary N) is 2. The molecule has 0 spiro atoms. The van der Waals surface area contributed by atoms with Gasteiger partial charge in [-0.1, -0.05) is 56.6 Å². The molecule has 18 heteroatoms. The highest BCUT2D eigenvalue weighted by molar-refractivity contribution is 7.13. The Bertz CT molecular complexity index is 2660. The fourth-order valence-electron chi connectivity index (χ4n) is 9.08. The van der Waals surface area contributed by atoms with Gasteiger partial charge in [0, 0.05) is 67.4 Å². The normalized spacial score (nSPS) is 17.4. The molecule has 0 aliphatic carbocycles. The number of likely N-dealkylation sites (tertiary alicyclic amines) is 1. The fourth-order valence-corrected chi connectivity index (χ4v) is 10.0. The zero-order valence-electron chi connectivity index (χ0n) is 41.0. The third kappa shape index (κ3) is 12.4. The van der Waals surface area contributed by atoms with E-state index in [0.29, 0.717) is 66.9 Å². The minimum Gasteiger partial charge on any atom is -0.497 e. The predicted octanol–water partition coefficient (Wildman–Crippen LogP) is 5.82. The standard InChI is InChI=1S/C52H64ClN7O9S/c1-32(35-8-10-36(11-9-35)47-33(2)54-31-70-47)55-49(64)44-26-39(61)29-59(44)51(66)48(52(4,5)6)56-45(62)30-69-25-24-68-23-22-57-18-20-58(21-19-57)46(63)28-41-34(3)60(43-17-16-40(67-7)27-42(41)43)50(65)37-12-14-38(53)15-13-37/h8-17,27,31-32,39,44,48,61H,18-26,28-30H2,1-7H3,(H,55,64)(H,56,62)/t32-,39+,44-,48+/m0/s1. The Morgan fingerprint density at radius 2 is 1.61 bits per heavy atom. The monoisotopic (exact) mass is 997 g/mol. The summed E-state index contributed by atoms with van der Waals surface area (Å²) in [6, 6.07) is 17.9. The molecule has 2 aliphatic rings. The lowest BCUT2D eigenvalue weighted by molar-refractivity contribution is -0.144. The van der Waals surface area contributed by atoms with Gasteiger partial charge in [-0.3, -0.25) is 33.4 Å². The van der Waals surface area contributed by atoms with Crippen molar-refractivity contribution in [2.45, 2.75) is 78.6 Å². The number of aliphatic hydroxyl groups excluding tert-OH is 1. The van der Waals surface area contributed by atoms with E-state index in [1.165, 1.54) is 4.90 Å². The van der Waals surface area contributed by atoms with Crippen LogP contribution in [0.2, 0.25) is 5.02 Å². The molecule has 0 radical (unpaired) electrons. The van der Waals surface area contributed by atoms with Crippen molar-refractivity contribution >= 4 is 63.4 Å². The molecular weight excluding hydrogens is 934 g/mol. The Morgan fingerprint density at radius 1 is 0.914 bits per heavy atom. The van der Waals surface area contributed by atoms with E-state index >= 15 is 0 Å². The van der Waals surface area contributed by atoms with Crippen molar-refractivity contribution < 1.29 is 43.3 Å². The minimum atomic E-state index is -0.983. The molecule has 2 fully saturated rings. The number of hydrogen-bond acceptors (Lipinski definition) is 12. The molecule has 70 heavy (non-hydrogen) atoms. The first kappa shape index (κ1) is 52.1. The number of aliphatic hydroxyl groups is 1. The van der Waals surface area contributed by atoms with Crippen LogP contribution in [-0.4, -0.2) is 150 Å². The number of aromatic nitrogens is 2. The van der Waals surface area contributed by atoms with E-state index in [9.17, 15) is 29.1 Å². The van der Waals surface area contributed by atoms with Gasteiger partial charge in [-0.15, -0.1) is 11.3 Å². The maximum atomic E-state index is 14.1. The molecule has 374 valence electrons. The zero-order chi connectivity index (χ0) is 50.3. The van der Waals surface area contributed by atoms with Gasteiger partial charge in [-0.2, -0.15) is 0 Å². The van der Waals surface area contributed by atoms with E-state index in [1.807, 2.05) is 88.4 Å². The van der Waals surface area contributed by atoms with E-state index in [1.54, 1.807) is 53.3 Å². The summed E-state index contributed by atoms with van der Waals surface area (Å²) in [6.07, 6.45) is -0.670. The number of nitrogens with zero attached hydrogens (tertiary/aromatic N) is 5. The van der Waals surface area contributed by atoms with Crippen LogP contribution in [0.15, 0.2) is 72.2 Å². The number of halogens is 1. The van der Waals surface area contributed by atoms with Crippen LogP contribution in [0.4, 0.5) is 0 Å². The molecule has 3 aromatic carbocycles. The van der Waals surface area contributed by atoms with Gasteiger partial charge < -0.3 is 39.8 Å². The van der Waals surface area contributed by atoms with Crippen LogP contribution in [-0.2, 0) is 35.1 Å². The zero-order valence-corrected chi connectivity index (χ0v) is 42.5. The number of carbonyl (C=O) groups is 5. The molecule has 4 atom stereocenters. The summed E-state index contributed by atoms with van der Waals surface area (Å²) >= 11 is 7.65. The molecule has 5 aromatic rings. The highest BCUT2D eigenvalue weighted by atomic mass is 35.5. The number of piperazine rings is 1. The first-order valence-electron chi connectivity index (χ1n) is 23.7. The molecule has 0 unspecified atom stereocenters. The molecule has 2 aromatic heterocycles. The van der Waals surface area contributed by atoms with E-state index < -0.39 is 35.4 Å². The number of amides is 4. The van der Waals surface area contributed by atoms with E-state index in [4.69, 9.17) is 25.8 Å². The molecule has 2 aliphatic heterocycles. The SMILES string of the molecule is COc1ccc2c(c1)c(CC(=O)N1CCN(CCOCCOCC(=O)N[C@H](C(=O)N3C[C@H](O)C[C@H]3C(=O)N[C@@H](C)c3ccc(-c4scnc4C)cc3)C(C)(C)C)CC1)c(C)n2C(=O)c1ccc(Cl)cc1. The average Bonchev–Trinajstić information content (AvgIpc) is 4.04. The van der Waals surface area contributed by atoms with Crippen LogP contribution in [0.25, 0.3) is 21.3 Å². The molecule has 4 amide bonds. The Balaban J connectivity index is 0.823. The van der Waals surface area contributed by atoms with Crippen LogP contribution in [0.5, 0.6) is 5.75 Å². The van der Waals surface area contributed by atoms with Gasteiger partial charge in [0.25, 0.3) is 5.91 Å². The number of fused-ring (bicyclic) bond motifs is 1. The van der Waals surface area contributed by atoms with Gasteiger partial charge >= 0.3 is 0 Å². The van der Waals surface area contributed by atoms with Gasteiger partial charge in [0.1, 0.15) is 24.4 Å². The second kappa shape index (κ2) is 23.0. The van der Waals surface area contributed by atoms with Crippen molar-refractivity contribution in [3.8, 4) is 16.2 Å². The lowest BCUT2D eigenvalue weighted by atomic mass is 9.85. The Labute approximate surface area is 418 Å². The quantitative estimate of drug-likeness (QED) is 0.0900. The lowest BCUT2D eigenvalue weighted by Crippen LogP contribution is -2.58. The smallest absolute Gasteiger partial charge is 0.262 e. The fraction of sp³-hybridized carbons (Fsp3) is 0.462. The maximum Gasteiger partial charge on any atom is 0.262 e. The first-order valence-corrected chi connectivity index (χ1v) is 24.9. The number of β-amino-alcohol motifs (C(OH)–C–C–N with tert-alkyl or cyclic N) is 1. The Morgan fingerprint density at radius 3 is 2.27 bits per heavy atom. The number of aryl methyl sites for hydroxylation is 1. The summed E-state index contributed by atoms with van der Waals surface area (Å²) in [4.78, 5) is 79.2. The van der Waals surface area contributed by atoms with Crippen LogP contribution in [0.1, 0.15) is 73.0 Å². The number of hydrogen-bond donors (Lipinski definition) is 3. The summed E-state index contributed by atoms with van der Waals surface area (Å²) in [5.41, 5.74) is 6.65. The minimum absolute atomic E-state index is 0.0209. The van der Waals surface area contributed by atoms with Crippen molar-refractivity contribution in [3.63, 3.8) is 0 Å². The number of ether oxygens (including phenoxy) is 3. The van der Waals surface area contributed by atoms with Gasteiger partial charge in [-0.05, 0) is 85.3 Å². The van der Waals surface area contributed by atoms with Gasteiger partial charge in [0.05, 0.1) is 67.1 Å². The molecule has 7 rings (SSSR count). The van der Waals surface area contributed by atoms with E-state index in [0.717, 1.165) is 32.6 Å². The third-order valence-corrected chi connectivity index (χ3v) is 14.3. The van der Waals surface area contributed by atoms with Crippen molar-refractivity contribution in [3.05, 3.63) is 105 Å². The summed E-state index contributed by atoms with van der Waals surface area (Å²) in [5.74, 6) is -0.915. The summed E-state index contributed by atoms with van der Waals surface area (Å²) in [6.45, 7) is 14.8. The summed E-state index contributed by atoms with van der Waals surface area (Å²) < 4.78 is 18.6. The van der Waals surface area contributed by atoms with Crippen LogP contribution < -0.4 is 15.4 Å². The second-order valence-corrected chi connectivity index (χ2v) is 20.3. The van der Waals surface area contributed by atoms with Crippen molar-refractivity contribution in [2.75, 3.05) is 72.8 Å². The summed E-state index contributed by atoms with van der Waals surface area (Å²) in [7, 11) is 1.58. The van der Waals surface area contributed by atoms with Crippen LogP contribution >= 0.6 is 22.9 Å². The average molecular weight is 999 g/mol. The highest BCUT2D eigenvalue weighted by Crippen LogP contribution is 2.33. The van der Waals surface area contributed by atoms with Gasteiger partial charge in [-0.25, -0.2) is 4.98 Å². The molecule has 0 bridgehead atoms. The third-order valence-electron chi connectivity index (χ3n) is 13.1. The van der Waals surface area contributed by atoms with Crippen LogP contribution in [0.3, 0.4) is 0 Å². The summed E-state index contributed by atoms with van der Waals surface area (Å²) in [5, 5.41) is 17.8. The molecular formula is C52H64ClN7O9S.